The molecule has 0 aliphatic carbocycles. The number of nitrogens with one attached hydrogen (secondary N) is 1. The van der Waals surface area contributed by atoms with Gasteiger partial charge in [0.05, 0.1) is 0 Å². The fourth-order valence-electron chi connectivity index (χ4n) is 1.73. The molecule has 1 aromatic heterocycles. The van der Waals surface area contributed by atoms with Gasteiger partial charge in [0, 0.05) is 37.5 Å². The van der Waals surface area contributed by atoms with Crippen LogP contribution in [-0.4, -0.2) is 31.2 Å². The van der Waals surface area contributed by atoms with Crippen LogP contribution in [0.1, 0.15) is 5.56 Å². The van der Waals surface area contributed by atoms with Crippen molar-refractivity contribution in [1.29, 1.82) is 0 Å². The maximum Gasteiger partial charge on any atom is 0.134 e. The van der Waals surface area contributed by atoms with Gasteiger partial charge in [-0.3, -0.25) is 0 Å². The quantitative estimate of drug-likeness (QED) is 0.610. The second-order valence-corrected chi connectivity index (χ2v) is 4.22. The number of halogens is 1. The summed E-state index contributed by atoms with van der Waals surface area (Å²) in [5.74, 6) is 1.68. The predicted octanol–water partition coefficient (Wildman–Crippen LogP) is 1.57. The smallest absolute Gasteiger partial charge is 0.134 e. The average molecular weight is 244 g/mol. The van der Waals surface area contributed by atoms with Gasteiger partial charge < -0.3 is 10.2 Å². The number of anilines is 1. The maximum atomic E-state index is 5.91. The Labute approximate surface area is 100 Å². The Morgan fingerprint density at radius 2 is 2.13 bits per heavy atom. The maximum absolute atomic E-state index is 5.91. The Hall–Kier alpha value is -0.450. The molecular weight excluding hydrogens is 230 g/mol. The van der Waals surface area contributed by atoms with Crippen molar-refractivity contribution in [2.45, 2.75) is 5.75 Å². The Kier molecular flexibility index (Phi) is 3.72. The third-order valence-electron chi connectivity index (χ3n) is 2.51. The molecule has 0 atom stereocenters. The van der Waals surface area contributed by atoms with E-state index < -0.39 is 0 Å². The summed E-state index contributed by atoms with van der Waals surface area (Å²) < 4.78 is 0. The standard InChI is InChI=1S/C10H14ClN3S/c11-9-2-1-8(7-15)10(13-9)14-5-3-12-4-6-14/h1-2,12,15H,3-7H2. The van der Waals surface area contributed by atoms with Crippen LogP contribution in [0.2, 0.25) is 5.15 Å². The Bertz CT molecular complexity index is 339. The van der Waals surface area contributed by atoms with Crippen molar-refractivity contribution in [3.8, 4) is 0 Å². The monoisotopic (exact) mass is 243 g/mol. The highest BCUT2D eigenvalue weighted by Gasteiger charge is 2.15. The van der Waals surface area contributed by atoms with Gasteiger partial charge in [0.2, 0.25) is 0 Å². The molecule has 1 saturated heterocycles. The van der Waals surface area contributed by atoms with Gasteiger partial charge in [-0.2, -0.15) is 12.6 Å². The highest BCUT2D eigenvalue weighted by atomic mass is 35.5. The molecule has 0 saturated carbocycles. The first-order valence-electron chi connectivity index (χ1n) is 5.03. The van der Waals surface area contributed by atoms with Gasteiger partial charge in [-0.15, -0.1) is 0 Å². The Morgan fingerprint density at radius 3 is 2.80 bits per heavy atom. The molecule has 0 aromatic carbocycles. The topological polar surface area (TPSA) is 28.2 Å². The molecular formula is C10H14ClN3S. The van der Waals surface area contributed by atoms with Crippen LogP contribution in [0.5, 0.6) is 0 Å². The predicted molar refractivity (Wildman–Crippen MR) is 67.0 cm³/mol. The third kappa shape index (κ3) is 2.56. The zero-order chi connectivity index (χ0) is 10.7. The second-order valence-electron chi connectivity index (χ2n) is 3.51. The zero-order valence-electron chi connectivity index (χ0n) is 8.41. The first-order valence-corrected chi connectivity index (χ1v) is 6.04. The van der Waals surface area contributed by atoms with Gasteiger partial charge in [0.1, 0.15) is 11.0 Å². The van der Waals surface area contributed by atoms with Crippen molar-refractivity contribution in [3.63, 3.8) is 0 Å². The van der Waals surface area contributed by atoms with Crippen molar-refractivity contribution in [1.82, 2.24) is 10.3 Å². The number of rotatable bonds is 2. The molecule has 1 aliphatic rings. The molecule has 2 heterocycles. The molecule has 1 aromatic rings. The molecule has 0 unspecified atom stereocenters. The zero-order valence-corrected chi connectivity index (χ0v) is 10.1. The molecule has 5 heteroatoms. The highest BCUT2D eigenvalue weighted by Crippen LogP contribution is 2.22. The molecule has 3 nitrogen and oxygen atoms in total. The summed E-state index contributed by atoms with van der Waals surface area (Å²) in [7, 11) is 0. The van der Waals surface area contributed by atoms with E-state index in [0.717, 1.165) is 37.6 Å². The molecule has 0 amide bonds. The van der Waals surface area contributed by atoms with Gasteiger partial charge in [-0.25, -0.2) is 4.98 Å². The van der Waals surface area contributed by atoms with E-state index in [9.17, 15) is 0 Å². The van der Waals surface area contributed by atoms with E-state index in [1.807, 2.05) is 12.1 Å². The average Bonchev–Trinajstić information content (AvgIpc) is 2.30. The number of aromatic nitrogens is 1. The molecule has 2 rings (SSSR count). The molecule has 1 N–H and O–H groups in total. The van der Waals surface area contributed by atoms with E-state index in [2.05, 4.69) is 27.8 Å². The number of piperazine rings is 1. The fraction of sp³-hybridized carbons (Fsp3) is 0.500. The van der Waals surface area contributed by atoms with E-state index in [1.165, 1.54) is 0 Å². The SMILES string of the molecule is SCc1ccc(Cl)nc1N1CCNCC1. The minimum absolute atomic E-state index is 0.550. The van der Waals surface area contributed by atoms with Crippen LogP contribution in [0.15, 0.2) is 12.1 Å². The lowest BCUT2D eigenvalue weighted by atomic mass is 10.2. The van der Waals surface area contributed by atoms with Crippen molar-refractivity contribution < 1.29 is 0 Å². The van der Waals surface area contributed by atoms with Crippen LogP contribution >= 0.6 is 24.2 Å². The van der Waals surface area contributed by atoms with Gasteiger partial charge in [-0.05, 0) is 6.07 Å². The number of thiol groups is 1. The summed E-state index contributed by atoms with van der Waals surface area (Å²) in [6.45, 7) is 3.96. The van der Waals surface area contributed by atoms with Gasteiger partial charge in [0.25, 0.3) is 0 Å². The fourth-order valence-corrected chi connectivity index (χ4v) is 2.12. The molecule has 0 bridgehead atoms. The van der Waals surface area contributed by atoms with E-state index >= 15 is 0 Å². The van der Waals surface area contributed by atoms with Crippen LogP contribution in [0, 0.1) is 0 Å². The van der Waals surface area contributed by atoms with Crippen molar-refractivity contribution in [2.75, 3.05) is 31.1 Å². The minimum atomic E-state index is 0.550. The van der Waals surface area contributed by atoms with E-state index in [-0.39, 0.29) is 0 Å². The molecule has 15 heavy (non-hydrogen) atoms. The molecule has 0 spiro atoms. The van der Waals surface area contributed by atoms with Crippen LogP contribution in [0.25, 0.3) is 0 Å². The summed E-state index contributed by atoms with van der Waals surface area (Å²) in [5, 5.41) is 3.87. The molecule has 0 radical (unpaired) electrons. The molecule has 82 valence electrons. The summed E-state index contributed by atoms with van der Waals surface area (Å²) in [6.07, 6.45) is 0. The van der Waals surface area contributed by atoms with Crippen LogP contribution < -0.4 is 10.2 Å². The normalized spacial score (nSPS) is 16.8. The van der Waals surface area contributed by atoms with E-state index in [0.29, 0.717) is 10.9 Å². The Balaban J connectivity index is 2.27. The largest absolute Gasteiger partial charge is 0.354 e. The summed E-state index contributed by atoms with van der Waals surface area (Å²) in [5.41, 5.74) is 1.14. The van der Waals surface area contributed by atoms with Crippen molar-refractivity contribution in [3.05, 3.63) is 22.8 Å². The van der Waals surface area contributed by atoms with Gasteiger partial charge in [0.15, 0.2) is 0 Å². The summed E-state index contributed by atoms with van der Waals surface area (Å²) in [6, 6.07) is 3.82. The first kappa shape index (κ1) is 11.0. The molecule has 1 fully saturated rings. The lowest BCUT2D eigenvalue weighted by Gasteiger charge is -2.29. The molecule has 1 aliphatic heterocycles. The van der Waals surface area contributed by atoms with Gasteiger partial charge >= 0.3 is 0 Å². The number of hydrogen-bond donors (Lipinski definition) is 2. The lowest BCUT2D eigenvalue weighted by Crippen LogP contribution is -2.44. The second kappa shape index (κ2) is 5.05. The lowest BCUT2D eigenvalue weighted by molar-refractivity contribution is 0.584. The van der Waals surface area contributed by atoms with Crippen molar-refractivity contribution in [2.24, 2.45) is 0 Å². The number of pyridine rings is 1. The highest BCUT2D eigenvalue weighted by molar-refractivity contribution is 7.79. The van der Waals surface area contributed by atoms with Crippen molar-refractivity contribution >= 4 is 30.0 Å². The Morgan fingerprint density at radius 1 is 1.40 bits per heavy atom. The minimum Gasteiger partial charge on any atom is -0.354 e. The summed E-state index contributed by atoms with van der Waals surface area (Å²) in [4.78, 5) is 6.64. The first-order chi connectivity index (χ1) is 7.31. The summed E-state index contributed by atoms with van der Waals surface area (Å²) >= 11 is 10.2. The van der Waals surface area contributed by atoms with Crippen LogP contribution in [0.3, 0.4) is 0 Å². The van der Waals surface area contributed by atoms with Gasteiger partial charge in [-0.1, -0.05) is 17.7 Å². The number of hydrogen-bond acceptors (Lipinski definition) is 4. The van der Waals surface area contributed by atoms with E-state index in [1.54, 1.807) is 0 Å². The van der Waals surface area contributed by atoms with E-state index in [4.69, 9.17) is 11.6 Å². The van der Waals surface area contributed by atoms with Crippen LogP contribution in [-0.2, 0) is 5.75 Å². The number of nitrogens with zero attached hydrogens (tertiary/aromatic N) is 2. The van der Waals surface area contributed by atoms with Crippen LogP contribution in [0.4, 0.5) is 5.82 Å². The third-order valence-corrected chi connectivity index (χ3v) is 3.06.